The number of hydrogen-bond donors (Lipinski definition) is 2. The van der Waals surface area contributed by atoms with Crippen LogP contribution in [0.15, 0.2) is 40.9 Å². The van der Waals surface area contributed by atoms with E-state index >= 15 is 0 Å². The second kappa shape index (κ2) is 5.57. The van der Waals surface area contributed by atoms with Crippen molar-refractivity contribution in [3.63, 3.8) is 0 Å². The van der Waals surface area contributed by atoms with Gasteiger partial charge in [0, 0.05) is 23.8 Å². The van der Waals surface area contributed by atoms with E-state index in [2.05, 4.69) is 9.71 Å². The van der Waals surface area contributed by atoms with E-state index in [-0.39, 0.29) is 18.0 Å². The standard InChI is InChI=1S/C11H12N2O3S2/c14-8-10-11(3-6-17-10)18(15,16)13-7-9-1-4-12-5-2-9/h1-6,13-14H,7-8H2. The fraction of sp³-hybridized carbons (Fsp3) is 0.182. The van der Waals surface area contributed by atoms with Crippen LogP contribution in [0.2, 0.25) is 0 Å². The van der Waals surface area contributed by atoms with Crippen molar-refractivity contribution in [2.75, 3.05) is 0 Å². The third-order valence-electron chi connectivity index (χ3n) is 2.35. The monoisotopic (exact) mass is 284 g/mol. The minimum absolute atomic E-state index is 0.143. The highest BCUT2D eigenvalue weighted by atomic mass is 32.2. The quantitative estimate of drug-likeness (QED) is 0.862. The molecule has 0 amide bonds. The van der Waals surface area contributed by atoms with E-state index in [0.717, 1.165) is 5.56 Å². The van der Waals surface area contributed by atoms with Gasteiger partial charge >= 0.3 is 0 Å². The van der Waals surface area contributed by atoms with Crippen LogP contribution in [0, 0.1) is 0 Å². The largest absolute Gasteiger partial charge is 0.391 e. The Balaban J connectivity index is 2.13. The van der Waals surface area contributed by atoms with E-state index in [1.54, 1.807) is 29.9 Å². The topological polar surface area (TPSA) is 79.3 Å². The first-order valence-corrected chi connectivity index (χ1v) is 7.55. The fourth-order valence-electron chi connectivity index (χ4n) is 1.44. The fourth-order valence-corrected chi connectivity index (χ4v) is 3.75. The molecule has 0 spiro atoms. The third-order valence-corrected chi connectivity index (χ3v) is 4.87. The molecule has 0 bridgehead atoms. The maximum atomic E-state index is 12.0. The molecule has 0 saturated carbocycles. The number of hydrogen-bond acceptors (Lipinski definition) is 5. The molecule has 0 saturated heterocycles. The van der Waals surface area contributed by atoms with Crippen LogP contribution in [0.3, 0.4) is 0 Å². The molecule has 2 N–H and O–H groups in total. The number of aromatic nitrogens is 1. The highest BCUT2D eigenvalue weighted by Crippen LogP contribution is 2.21. The van der Waals surface area contributed by atoms with Gasteiger partial charge in [-0.15, -0.1) is 11.3 Å². The number of nitrogens with zero attached hydrogens (tertiary/aromatic N) is 1. The first kappa shape index (κ1) is 13.2. The average Bonchev–Trinajstić information content (AvgIpc) is 2.87. The molecule has 0 aliphatic carbocycles. The molecule has 0 aliphatic rings. The molecular weight excluding hydrogens is 272 g/mol. The van der Waals surface area contributed by atoms with E-state index < -0.39 is 10.0 Å². The molecule has 0 aliphatic heterocycles. The Hall–Kier alpha value is -1.28. The van der Waals surface area contributed by atoms with Crippen molar-refractivity contribution in [1.82, 2.24) is 9.71 Å². The highest BCUT2D eigenvalue weighted by molar-refractivity contribution is 7.89. The summed E-state index contributed by atoms with van der Waals surface area (Å²) >= 11 is 1.22. The number of aliphatic hydroxyl groups is 1. The third kappa shape index (κ3) is 2.94. The molecule has 0 atom stereocenters. The molecule has 0 aromatic carbocycles. The summed E-state index contributed by atoms with van der Waals surface area (Å²) in [4.78, 5) is 4.44. The lowest BCUT2D eigenvalue weighted by atomic mass is 10.3. The summed E-state index contributed by atoms with van der Waals surface area (Å²) in [6.45, 7) is -0.0747. The van der Waals surface area contributed by atoms with Crippen LogP contribution in [0.1, 0.15) is 10.4 Å². The zero-order chi connectivity index (χ0) is 13.0. The van der Waals surface area contributed by atoms with E-state index in [0.29, 0.717) is 4.88 Å². The van der Waals surface area contributed by atoms with Gasteiger partial charge in [0.25, 0.3) is 0 Å². The van der Waals surface area contributed by atoms with Crippen molar-refractivity contribution in [2.24, 2.45) is 0 Å². The number of sulfonamides is 1. The highest BCUT2D eigenvalue weighted by Gasteiger charge is 2.18. The number of rotatable bonds is 5. The first-order valence-electron chi connectivity index (χ1n) is 5.19. The van der Waals surface area contributed by atoms with E-state index in [1.807, 2.05) is 0 Å². The van der Waals surface area contributed by atoms with Crippen molar-refractivity contribution >= 4 is 21.4 Å². The molecule has 2 aromatic heterocycles. The van der Waals surface area contributed by atoms with Crippen molar-refractivity contribution in [2.45, 2.75) is 18.0 Å². The summed E-state index contributed by atoms with van der Waals surface area (Å²) in [5.41, 5.74) is 0.828. The Morgan fingerprint density at radius 2 is 2.00 bits per heavy atom. The van der Waals surface area contributed by atoms with Crippen LogP contribution in [0.5, 0.6) is 0 Å². The summed E-state index contributed by atoms with van der Waals surface area (Å²) in [5.74, 6) is 0. The molecular formula is C11H12N2O3S2. The molecule has 96 valence electrons. The Bertz CT molecular complexity index is 608. The van der Waals surface area contributed by atoms with Crippen LogP contribution in [-0.2, 0) is 23.2 Å². The average molecular weight is 284 g/mol. The maximum Gasteiger partial charge on any atom is 0.242 e. The van der Waals surface area contributed by atoms with E-state index in [9.17, 15) is 8.42 Å². The first-order chi connectivity index (χ1) is 8.63. The normalized spacial score (nSPS) is 11.6. The Kier molecular flexibility index (Phi) is 4.07. The van der Waals surface area contributed by atoms with E-state index in [4.69, 9.17) is 5.11 Å². The number of nitrogens with one attached hydrogen (secondary N) is 1. The van der Waals surface area contributed by atoms with Gasteiger partial charge in [0.1, 0.15) is 0 Å². The van der Waals surface area contributed by atoms with Gasteiger partial charge in [0.05, 0.1) is 11.5 Å². The van der Waals surface area contributed by atoms with Gasteiger partial charge in [0.2, 0.25) is 10.0 Å². The van der Waals surface area contributed by atoms with Gasteiger partial charge in [-0.25, -0.2) is 13.1 Å². The molecule has 2 heterocycles. The number of aliphatic hydroxyl groups excluding tert-OH is 1. The van der Waals surface area contributed by atoms with Crippen LogP contribution in [-0.4, -0.2) is 18.5 Å². The second-order valence-corrected chi connectivity index (χ2v) is 6.28. The van der Waals surface area contributed by atoms with Gasteiger partial charge in [-0.1, -0.05) is 0 Å². The predicted octanol–water partition coefficient (Wildman–Crippen LogP) is 1.11. The lowest BCUT2D eigenvalue weighted by Crippen LogP contribution is -2.23. The SMILES string of the molecule is O=S(=O)(NCc1ccncc1)c1ccsc1CO. The summed E-state index contributed by atoms with van der Waals surface area (Å²) < 4.78 is 26.5. The minimum Gasteiger partial charge on any atom is -0.391 e. The molecule has 18 heavy (non-hydrogen) atoms. The molecule has 5 nitrogen and oxygen atoms in total. The van der Waals surface area contributed by atoms with Crippen LogP contribution < -0.4 is 4.72 Å². The Morgan fingerprint density at radius 1 is 1.28 bits per heavy atom. The Morgan fingerprint density at radius 3 is 2.67 bits per heavy atom. The molecule has 0 unspecified atom stereocenters. The van der Waals surface area contributed by atoms with Crippen LogP contribution >= 0.6 is 11.3 Å². The molecule has 7 heteroatoms. The van der Waals surface area contributed by atoms with Crippen molar-refractivity contribution in [3.05, 3.63) is 46.4 Å². The zero-order valence-corrected chi connectivity index (χ0v) is 11.0. The summed E-state index contributed by atoms with van der Waals surface area (Å²) in [7, 11) is -3.58. The molecule has 2 rings (SSSR count). The van der Waals surface area contributed by atoms with Crippen LogP contribution in [0.4, 0.5) is 0 Å². The Labute approximate surface area is 109 Å². The van der Waals surface area contributed by atoms with Gasteiger partial charge in [0.15, 0.2) is 0 Å². The predicted molar refractivity (Wildman–Crippen MR) is 68.5 cm³/mol. The maximum absolute atomic E-state index is 12.0. The van der Waals surface area contributed by atoms with Crippen molar-refractivity contribution < 1.29 is 13.5 Å². The lowest BCUT2D eigenvalue weighted by Gasteiger charge is -2.06. The minimum atomic E-state index is -3.58. The number of thiophene rings is 1. The van der Waals surface area contributed by atoms with Crippen molar-refractivity contribution in [1.29, 1.82) is 0 Å². The van der Waals surface area contributed by atoms with Gasteiger partial charge in [-0.05, 0) is 29.1 Å². The summed E-state index contributed by atoms with van der Waals surface area (Å²) in [6, 6.07) is 4.97. The number of pyridine rings is 1. The lowest BCUT2D eigenvalue weighted by molar-refractivity contribution is 0.282. The van der Waals surface area contributed by atoms with Gasteiger partial charge in [-0.3, -0.25) is 4.98 Å². The molecule has 0 fully saturated rings. The smallest absolute Gasteiger partial charge is 0.242 e. The van der Waals surface area contributed by atoms with Gasteiger partial charge in [-0.2, -0.15) is 0 Å². The molecule has 2 aromatic rings. The summed E-state index contributed by atoms with van der Waals surface area (Å²) in [5, 5.41) is 10.7. The summed E-state index contributed by atoms with van der Waals surface area (Å²) in [6.07, 6.45) is 3.21. The zero-order valence-electron chi connectivity index (χ0n) is 9.41. The van der Waals surface area contributed by atoms with Gasteiger partial charge < -0.3 is 5.11 Å². The van der Waals surface area contributed by atoms with E-state index in [1.165, 1.54) is 17.4 Å². The second-order valence-electron chi connectivity index (χ2n) is 3.55. The van der Waals surface area contributed by atoms with Crippen molar-refractivity contribution in [3.8, 4) is 0 Å². The molecule has 0 radical (unpaired) electrons. The van der Waals surface area contributed by atoms with Crippen LogP contribution in [0.25, 0.3) is 0 Å².